The average Bonchev–Trinajstić information content (AvgIpc) is 2.35. The molecule has 0 spiro atoms. The van der Waals surface area contributed by atoms with Gasteiger partial charge in [-0.2, -0.15) is 0 Å². The first-order valence-electron chi connectivity index (χ1n) is 5.60. The summed E-state index contributed by atoms with van der Waals surface area (Å²) >= 11 is 15.7. The first-order valence-corrected chi connectivity index (χ1v) is 7.15. The normalized spacial score (nSPS) is 10.7. The summed E-state index contributed by atoms with van der Waals surface area (Å²) in [7, 11) is 0. The van der Waals surface area contributed by atoms with Gasteiger partial charge < -0.3 is 0 Å². The Bertz CT molecular complexity index is 573. The zero-order valence-electron chi connectivity index (χ0n) is 9.75. The van der Waals surface area contributed by atoms with E-state index >= 15 is 0 Å². The highest BCUT2D eigenvalue weighted by atomic mass is 79.9. The van der Waals surface area contributed by atoms with E-state index in [2.05, 4.69) is 32.8 Å². The topological polar surface area (TPSA) is 25.8 Å². The third-order valence-electron chi connectivity index (χ3n) is 2.48. The Hall–Kier alpha value is -0.640. The molecule has 1 aromatic carbocycles. The van der Waals surface area contributed by atoms with Crippen LogP contribution in [-0.4, -0.2) is 9.97 Å². The summed E-state index contributed by atoms with van der Waals surface area (Å²) in [5.41, 5.74) is 1.71. The van der Waals surface area contributed by atoms with Crippen LogP contribution in [0, 0.1) is 0 Å². The molecule has 0 bridgehead atoms. The van der Waals surface area contributed by atoms with E-state index in [1.54, 1.807) is 0 Å². The van der Waals surface area contributed by atoms with Gasteiger partial charge in [0.05, 0.1) is 15.2 Å². The van der Waals surface area contributed by atoms with Gasteiger partial charge in [0.25, 0.3) is 0 Å². The number of aryl methyl sites for hydroxylation is 1. The second-order valence-electron chi connectivity index (χ2n) is 3.83. The van der Waals surface area contributed by atoms with Crippen LogP contribution in [0.25, 0.3) is 11.4 Å². The summed E-state index contributed by atoms with van der Waals surface area (Å²) in [5.74, 6) is 0.567. The third-order valence-corrected chi connectivity index (χ3v) is 4.15. The van der Waals surface area contributed by atoms with Crippen molar-refractivity contribution in [1.29, 1.82) is 0 Å². The molecule has 0 unspecified atom stereocenters. The van der Waals surface area contributed by atoms with Gasteiger partial charge in [0, 0.05) is 5.56 Å². The Morgan fingerprint density at radius 1 is 1.17 bits per heavy atom. The van der Waals surface area contributed by atoms with Crippen molar-refractivity contribution >= 4 is 39.1 Å². The maximum Gasteiger partial charge on any atom is 0.162 e. The Kier molecular flexibility index (Phi) is 4.60. The van der Waals surface area contributed by atoms with Crippen LogP contribution in [0.5, 0.6) is 0 Å². The number of nitrogens with zero attached hydrogens (tertiary/aromatic N) is 2. The number of halogens is 3. The number of rotatable bonds is 3. The number of hydrogen-bond acceptors (Lipinski definition) is 2. The van der Waals surface area contributed by atoms with Crippen molar-refractivity contribution in [3.8, 4) is 11.4 Å². The van der Waals surface area contributed by atoms with Crippen molar-refractivity contribution in [2.24, 2.45) is 0 Å². The predicted molar refractivity (Wildman–Crippen MR) is 79.2 cm³/mol. The lowest BCUT2D eigenvalue weighted by molar-refractivity contribution is 0.868. The monoisotopic (exact) mass is 344 g/mol. The molecule has 0 aliphatic heterocycles. The first-order chi connectivity index (χ1) is 8.63. The van der Waals surface area contributed by atoms with E-state index < -0.39 is 0 Å². The van der Waals surface area contributed by atoms with Crippen LogP contribution < -0.4 is 0 Å². The van der Waals surface area contributed by atoms with Gasteiger partial charge in [0.1, 0.15) is 5.15 Å². The van der Waals surface area contributed by atoms with Crippen LogP contribution in [0.15, 0.2) is 28.7 Å². The van der Waals surface area contributed by atoms with Crippen molar-refractivity contribution in [1.82, 2.24) is 9.97 Å². The highest BCUT2D eigenvalue weighted by molar-refractivity contribution is 9.10. The molecule has 0 aliphatic rings. The zero-order chi connectivity index (χ0) is 13.1. The minimum absolute atomic E-state index is 0.420. The fraction of sp³-hybridized carbons (Fsp3) is 0.231. The van der Waals surface area contributed by atoms with Crippen LogP contribution >= 0.6 is 39.1 Å². The molecule has 18 heavy (non-hydrogen) atoms. The average molecular weight is 346 g/mol. The lowest BCUT2D eigenvalue weighted by Gasteiger charge is -2.08. The third kappa shape index (κ3) is 2.85. The molecule has 2 aromatic rings. The van der Waals surface area contributed by atoms with Crippen molar-refractivity contribution in [3.63, 3.8) is 0 Å². The lowest BCUT2D eigenvalue weighted by Crippen LogP contribution is -1.98. The molecular formula is C13H11BrCl2N2. The molecule has 2 nitrogen and oxygen atoms in total. The molecule has 0 radical (unpaired) electrons. The maximum absolute atomic E-state index is 6.15. The fourth-order valence-electron chi connectivity index (χ4n) is 1.63. The summed E-state index contributed by atoms with van der Waals surface area (Å²) in [6, 6.07) is 7.48. The molecule has 1 aromatic heterocycles. The van der Waals surface area contributed by atoms with Gasteiger partial charge >= 0.3 is 0 Å². The molecule has 1 heterocycles. The molecule has 0 N–H and O–H groups in total. The van der Waals surface area contributed by atoms with Crippen molar-refractivity contribution in [3.05, 3.63) is 44.6 Å². The van der Waals surface area contributed by atoms with Crippen LogP contribution in [-0.2, 0) is 6.42 Å². The largest absolute Gasteiger partial charge is 0.232 e. The fourth-order valence-corrected chi connectivity index (χ4v) is 2.41. The van der Waals surface area contributed by atoms with Gasteiger partial charge in [0.15, 0.2) is 5.82 Å². The van der Waals surface area contributed by atoms with Crippen LogP contribution in [0.4, 0.5) is 0 Å². The zero-order valence-corrected chi connectivity index (χ0v) is 12.8. The highest BCUT2D eigenvalue weighted by Crippen LogP contribution is 2.30. The van der Waals surface area contributed by atoms with Gasteiger partial charge in [-0.25, -0.2) is 9.97 Å². The SMILES string of the molecule is CCCc1nc(-c2ccccc2Cl)nc(Cl)c1Br. The van der Waals surface area contributed by atoms with Crippen molar-refractivity contribution in [2.75, 3.05) is 0 Å². The predicted octanol–water partition coefficient (Wildman–Crippen LogP) is 5.17. The standard InChI is InChI=1S/C13H11BrCl2N2/c1-2-5-10-11(14)12(16)18-13(17-10)8-6-3-4-7-9(8)15/h3-4,6-7H,2,5H2,1H3. The van der Waals surface area contributed by atoms with Crippen molar-refractivity contribution in [2.45, 2.75) is 19.8 Å². The first kappa shape index (κ1) is 13.8. The molecule has 0 saturated carbocycles. The maximum atomic E-state index is 6.15. The summed E-state index contributed by atoms with van der Waals surface area (Å²) in [6.07, 6.45) is 1.84. The quantitative estimate of drug-likeness (QED) is 0.717. The summed E-state index contributed by atoms with van der Waals surface area (Å²) in [6.45, 7) is 2.09. The minimum Gasteiger partial charge on any atom is -0.232 e. The van der Waals surface area contributed by atoms with Crippen LogP contribution in [0.3, 0.4) is 0 Å². The summed E-state index contributed by atoms with van der Waals surface area (Å²) in [4.78, 5) is 8.80. The number of benzene rings is 1. The van der Waals surface area contributed by atoms with Crippen molar-refractivity contribution < 1.29 is 0 Å². The molecule has 0 fully saturated rings. The Morgan fingerprint density at radius 2 is 1.89 bits per heavy atom. The van der Waals surface area contributed by atoms with E-state index in [0.717, 1.165) is 28.6 Å². The van der Waals surface area contributed by atoms with E-state index in [1.165, 1.54) is 0 Å². The van der Waals surface area contributed by atoms with E-state index in [0.29, 0.717) is 16.0 Å². The molecule has 0 saturated heterocycles. The lowest BCUT2D eigenvalue weighted by atomic mass is 10.2. The molecule has 2 rings (SSSR count). The van der Waals surface area contributed by atoms with Gasteiger partial charge in [-0.1, -0.05) is 48.7 Å². The summed E-state index contributed by atoms with van der Waals surface area (Å²) in [5, 5.41) is 1.04. The Labute approximate surface area is 124 Å². The number of aromatic nitrogens is 2. The van der Waals surface area contributed by atoms with Gasteiger partial charge in [-0.3, -0.25) is 0 Å². The summed E-state index contributed by atoms with van der Waals surface area (Å²) < 4.78 is 0.766. The minimum atomic E-state index is 0.420. The van der Waals surface area contributed by atoms with E-state index in [9.17, 15) is 0 Å². The van der Waals surface area contributed by atoms with Crippen LogP contribution in [0.1, 0.15) is 19.0 Å². The second kappa shape index (κ2) is 6.00. The number of hydrogen-bond donors (Lipinski definition) is 0. The highest BCUT2D eigenvalue weighted by Gasteiger charge is 2.13. The van der Waals surface area contributed by atoms with Gasteiger partial charge in [-0.05, 0) is 34.5 Å². The second-order valence-corrected chi connectivity index (χ2v) is 5.39. The van der Waals surface area contributed by atoms with E-state index in [-0.39, 0.29) is 0 Å². The Morgan fingerprint density at radius 3 is 2.56 bits per heavy atom. The molecule has 0 atom stereocenters. The molecule has 0 amide bonds. The van der Waals surface area contributed by atoms with E-state index in [4.69, 9.17) is 23.2 Å². The van der Waals surface area contributed by atoms with Gasteiger partial charge in [0.2, 0.25) is 0 Å². The van der Waals surface area contributed by atoms with E-state index in [1.807, 2.05) is 24.3 Å². The van der Waals surface area contributed by atoms with Gasteiger partial charge in [-0.15, -0.1) is 0 Å². The Balaban J connectivity index is 2.56. The molecule has 5 heteroatoms. The van der Waals surface area contributed by atoms with Crippen LogP contribution in [0.2, 0.25) is 10.2 Å². The molecule has 0 aliphatic carbocycles. The molecular weight excluding hydrogens is 335 g/mol. The smallest absolute Gasteiger partial charge is 0.162 e. The molecule has 94 valence electrons.